The van der Waals surface area contributed by atoms with Crippen LogP contribution in [0.3, 0.4) is 0 Å². The molecule has 1 aliphatic heterocycles. The molecule has 1 unspecified atom stereocenters. The molecule has 2 rings (SSSR count). The Morgan fingerprint density at radius 2 is 2.39 bits per heavy atom. The molecule has 6 nitrogen and oxygen atoms in total. The fourth-order valence-electron chi connectivity index (χ4n) is 1.85. The van der Waals surface area contributed by atoms with Crippen molar-refractivity contribution in [3.63, 3.8) is 0 Å². The highest BCUT2D eigenvalue weighted by Gasteiger charge is 2.20. The lowest BCUT2D eigenvalue weighted by Crippen LogP contribution is -2.12. The van der Waals surface area contributed by atoms with Gasteiger partial charge in [-0.25, -0.2) is 0 Å². The standard InChI is InChI=1S/C12H15NO5/c14-6-9-1-2-12(11(5-9)13(15)16)18-8-10-3-4-17-7-10/h1-2,5,10,14H,3-4,6-8H2. The Bertz CT molecular complexity index is 428. The third kappa shape index (κ3) is 2.96. The Morgan fingerprint density at radius 1 is 1.56 bits per heavy atom. The second-order valence-corrected chi connectivity index (χ2v) is 4.26. The van der Waals surface area contributed by atoms with E-state index in [1.54, 1.807) is 6.07 Å². The van der Waals surface area contributed by atoms with E-state index in [0.29, 0.717) is 24.7 Å². The lowest BCUT2D eigenvalue weighted by Gasteiger charge is -2.10. The van der Waals surface area contributed by atoms with E-state index in [4.69, 9.17) is 14.6 Å². The predicted molar refractivity (Wildman–Crippen MR) is 63.4 cm³/mol. The number of nitro groups is 1. The molecule has 6 heteroatoms. The quantitative estimate of drug-likeness (QED) is 0.635. The first kappa shape index (κ1) is 12.8. The van der Waals surface area contributed by atoms with Gasteiger partial charge in [0.15, 0.2) is 5.75 Å². The predicted octanol–water partition coefficient (Wildman–Crippen LogP) is 1.50. The maximum absolute atomic E-state index is 10.9. The first-order valence-electron chi connectivity index (χ1n) is 5.79. The van der Waals surface area contributed by atoms with E-state index in [1.807, 2.05) is 0 Å². The van der Waals surface area contributed by atoms with Gasteiger partial charge < -0.3 is 14.6 Å². The molecule has 0 spiro atoms. The Morgan fingerprint density at radius 3 is 3.00 bits per heavy atom. The first-order valence-corrected chi connectivity index (χ1v) is 5.79. The van der Waals surface area contributed by atoms with E-state index < -0.39 is 4.92 Å². The molecule has 1 heterocycles. The number of hydrogen-bond donors (Lipinski definition) is 1. The zero-order valence-corrected chi connectivity index (χ0v) is 9.87. The lowest BCUT2D eigenvalue weighted by atomic mass is 10.1. The van der Waals surface area contributed by atoms with Crippen molar-refractivity contribution in [1.29, 1.82) is 0 Å². The summed E-state index contributed by atoms with van der Waals surface area (Å²) >= 11 is 0. The van der Waals surface area contributed by atoms with Gasteiger partial charge in [-0.1, -0.05) is 6.07 Å². The summed E-state index contributed by atoms with van der Waals surface area (Å²) in [5, 5.41) is 19.9. The zero-order chi connectivity index (χ0) is 13.0. The Hall–Kier alpha value is -1.66. The minimum absolute atomic E-state index is 0.111. The fourth-order valence-corrected chi connectivity index (χ4v) is 1.85. The monoisotopic (exact) mass is 253 g/mol. The summed E-state index contributed by atoms with van der Waals surface area (Å²) in [6.45, 7) is 1.55. The summed E-state index contributed by atoms with van der Waals surface area (Å²) in [5.74, 6) is 0.534. The van der Waals surface area contributed by atoms with Crippen molar-refractivity contribution in [2.75, 3.05) is 19.8 Å². The van der Waals surface area contributed by atoms with E-state index in [-0.39, 0.29) is 18.0 Å². The molecule has 1 aliphatic rings. The molecule has 0 aromatic heterocycles. The van der Waals surface area contributed by atoms with Gasteiger partial charge in [-0.3, -0.25) is 10.1 Å². The van der Waals surface area contributed by atoms with Crippen molar-refractivity contribution in [2.24, 2.45) is 5.92 Å². The average Bonchev–Trinajstić information content (AvgIpc) is 2.89. The van der Waals surface area contributed by atoms with Gasteiger partial charge in [-0.05, 0) is 18.1 Å². The van der Waals surface area contributed by atoms with Crippen LogP contribution in [0.1, 0.15) is 12.0 Å². The summed E-state index contributed by atoms with van der Waals surface area (Å²) in [6, 6.07) is 4.48. The van der Waals surface area contributed by atoms with E-state index in [1.165, 1.54) is 12.1 Å². The van der Waals surface area contributed by atoms with Crippen molar-refractivity contribution in [2.45, 2.75) is 13.0 Å². The third-order valence-electron chi connectivity index (χ3n) is 2.90. The van der Waals surface area contributed by atoms with Gasteiger partial charge >= 0.3 is 5.69 Å². The number of nitro benzene ring substituents is 1. The maximum atomic E-state index is 10.9. The normalized spacial score (nSPS) is 18.8. The van der Waals surface area contributed by atoms with Crippen molar-refractivity contribution in [3.05, 3.63) is 33.9 Å². The Labute approximate surface area is 104 Å². The summed E-state index contributed by atoms with van der Waals surface area (Å²) in [7, 11) is 0. The van der Waals surface area contributed by atoms with Crippen LogP contribution in [-0.4, -0.2) is 29.9 Å². The molecule has 98 valence electrons. The third-order valence-corrected chi connectivity index (χ3v) is 2.90. The fraction of sp³-hybridized carbons (Fsp3) is 0.500. The average molecular weight is 253 g/mol. The van der Waals surface area contributed by atoms with E-state index in [2.05, 4.69) is 0 Å². The van der Waals surface area contributed by atoms with Gasteiger partial charge in [-0.15, -0.1) is 0 Å². The highest BCUT2D eigenvalue weighted by atomic mass is 16.6. The SMILES string of the molecule is O=[N+]([O-])c1cc(CO)ccc1OCC1CCOC1. The molecule has 1 fully saturated rings. The van der Waals surface area contributed by atoms with Gasteiger partial charge in [0.1, 0.15) is 0 Å². The molecule has 0 saturated carbocycles. The molecule has 0 bridgehead atoms. The Balaban J connectivity index is 2.08. The summed E-state index contributed by atoms with van der Waals surface area (Å²) in [4.78, 5) is 10.4. The van der Waals surface area contributed by atoms with Gasteiger partial charge in [0, 0.05) is 18.6 Å². The molecule has 1 N–H and O–H groups in total. The van der Waals surface area contributed by atoms with Crippen molar-refractivity contribution < 1.29 is 19.5 Å². The second kappa shape index (κ2) is 5.79. The largest absolute Gasteiger partial charge is 0.486 e. The van der Waals surface area contributed by atoms with Crippen molar-refractivity contribution in [3.8, 4) is 5.75 Å². The van der Waals surface area contributed by atoms with Gasteiger partial charge in [0.25, 0.3) is 0 Å². The molecular weight excluding hydrogens is 238 g/mol. The molecule has 1 atom stereocenters. The second-order valence-electron chi connectivity index (χ2n) is 4.26. The number of aliphatic hydroxyl groups excluding tert-OH is 1. The molecule has 0 amide bonds. The molecule has 18 heavy (non-hydrogen) atoms. The highest BCUT2D eigenvalue weighted by molar-refractivity contribution is 5.48. The van der Waals surface area contributed by atoms with Gasteiger partial charge in [0.05, 0.1) is 24.7 Å². The van der Waals surface area contributed by atoms with Gasteiger partial charge in [-0.2, -0.15) is 0 Å². The number of hydrogen-bond acceptors (Lipinski definition) is 5. The number of rotatable bonds is 5. The van der Waals surface area contributed by atoms with Crippen LogP contribution in [0.4, 0.5) is 5.69 Å². The Kier molecular flexibility index (Phi) is 4.11. The van der Waals surface area contributed by atoms with Crippen LogP contribution in [0.25, 0.3) is 0 Å². The topological polar surface area (TPSA) is 81.8 Å². The summed E-state index contributed by atoms with van der Waals surface area (Å²) in [5.41, 5.74) is 0.388. The van der Waals surface area contributed by atoms with Crippen LogP contribution in [0.2, 0.25) is 0 Å². The van der Waals surface area contributed by atoms with E-state index >= 15 is 0 Å². The maximum Gasteiger partial charge on any atom is 0.311 e. The lowest BCUT2D eigenvalue weighted by molar-refractivity contribution is -0.386. The van der Waals surface area contributed by atoms with Crippen LogP contribution >= 0.6 is 0 Å². The molecule has 1 saturated heterocycles. The first-order chi connectivity index (χ1) is 8.70. The van der Waals surface area contributed by atoms with Crippen LogP contribution < -0.4 is 4.74 Å². The number of ether oxygens (including phenoxy) is 2. The van der Waals surface area contributed by atoms with E-state index in [9.17, 15) is 10.1 Å². The number of nitrogens with zero attached hydrogens (tertiary/aromatic N) is 1. The van der Waals surface area contributed by atoms with Crippen molar-refractivity contribution in [1.82, 2.24) is 0 Å². The van der Waals surface area contributed by atoms with Gasteiger partial charge in [0.2, 0.25) is 0 Å². The van der Waals surface area contributed by atoms with Crippen LogP contribution in [-0.2, 0) is 11.3 Å². The zero-order valence-electron chi connectivity index (χ0n) is 9.87. The molecule has 0 radical (unpaired) electrons. The highest BCUT2D eigenvalue weighted by Crippen LogP contribution is 2.29. The molecular formula is C12H15NO5. The molecule has 1 aromatic rings. The van der Waals surface area contributed by atoms with E-state index in [0.717, 1.165) is 13.0 Å². The molecule has 0 aliphatic carbocycles. The van der Waals surface area contributed by atoms with Crippen LogP contribution in [0.5, 0.6) is 5.75 Å². The van der Waals surface area contributed by atoms with Crippen LogP contribution in [0.15, 0.2) is 18.2 Å². The minimum Gasteiger partial charge on any atom is -0.486 e. The molecule has 1 aromatic carbocycles. The smallest absolute Gasteiger partial charge is 0.311 e. The van der Waals surface area contributed by atoms with Crippen molar-refractivity contribution >= 4 is 5.69 Å². The number of benzene rings is 1. The number of aliphatic hydroxyl groups is 1. The minimum atomic E-state index is -0.500. The van der Waals surface area contributed by atoms with Crippen LogP contribution in [0, 0.1) is 16.0 Å². The summed E-state index contributed by atoms with van der Waals surface area (Å²) < 4.78 is 10.7. The summed E-state index contributed by atoms with van der Waals surface area (Å²) in [6.07, 6.45) is 0.919.